The normalized spacial score (nSPS) is 14.4. The van der Waals surface area contributed by atoms with Crippen molar-refractivity contribution in [2.24, 2.45) is 18.4 Å². The first-order valence-electron chi connectivity index (χ1n) is 6.72. The summed E-state index contributed by atoms with van der Waals surface area (Å²) >= 11 is 0. The summed E-state index contributed by atoms with van der Waals surface area (Å²) in [6.07, 6.45) is 1.93. The number of hydrogen-bond donors (Lipinski definition) is 0. The molecule has 0 N–H and O–H groups in total. The van der Waals surface area contributed by atoms with Crippen molar-refractivity contribution in [3.8, 4) is 0 Å². The number of fused-ring (bicyclic) bond motifs is 1. The fraction of sp³-hybridized carbons (Fsp3) is 0.562. The van der Waals surface area contributed by atoms with Crippen LogP contribution in [0.2, 0.25) is 0 Å². The monoisotopic (exact) mass is 244 g/mol. The molecule has 98 valence electrons. The largest absolute Gasteiger partial charge is 0.268 e. The van der Waals surface area contributed by atoms with Crippen molar-refractivity contribution in [1.29, 1.82) is 0 Å². The second-order valence-corrected chi connectivity index (χ2v) is 6.67. The standard InChI is InChI=1S/C16H24N2/c1-11(2)15(16(3,4)5)12-7-8-13-10-17-18(6)14(13)9-12/h7-11,15H,1-6H3. The number of benzene rings is 1. The maximum absolute atomic E-state index is 4.32. The lowest BCUT2D eigenvalue weighted by Crippen LogP contribution is -2.23. The number of nitrogens with zero attached hydrogens (tertiary/aromatic N) is 2. The van der Waals surface area contributed by atoms with E-state index in [0.717, 1.165) is 0 Å². The van der Waals surface area contributed by atoms with Gasteiger partial charge in [-0.15, -0.1) is 0 Å². The third kappa shape index (κ3) is 2.29. The minimum Gasteiger partial charge on any atom is -0.268 e. The van der Waals surface area contributed by atoms with Crippen LogP contribution in [0.5, 0.6) is 0 Å². The summed E-state index contributed by atoms with van der Waals surface area (Å²) in [5.74, 6) is 1.20. The minimum absolute atomic E-state index is 0.278. The third-order valence-corrected chi connectivity index (χ3v) is 3.73. The van der Waals surface area contributed by atoms with Crippen LogP contribution in [-0.4, -0.2) is 9.78 Å². The van der Waals surface area contributed by atoms with Gasteiger partial charge in [0.15, 0.2) is 0 Å². The first kappa shape index (κ1) is 13.1. The summed E-state index contributed by atoms with van der Waals surface area (Å²) in [6.45, 7) is 11.6. The van der Waals surface area contributed by atoms with Gasteiger partial charge in [-0.25, -0.2) is 0 Å². The van der Waals surface area contributed by atoms with Crippen molar-refractivity contribution in [2.45, 2.75) is 40.5 Å². The molecule has 2 aromatic rings. The number of aryl methyl sites for hydroxylation is 1. The summed E-state index contributed by atoms with van der Waals surface area (Å²) in [6, 6.07) is 6.76. The molecule has 1 unspecified atom stereocenters. The average Bonchev–Trinajstić information content (AvgIpc) is 2.58. The highest BCUT2D eigenvalue weighted by molar-refractivity contribution is 5.79. The van der Waals surface area contributed by atoms with E-state index in [2.05, 4.69) is 57.9 Å². The van der Waals surface area contributed by atoms with Crippen molar-refractivity contribution >= 4 is 10.9 Å². The molecule has 0 aliphatic rings. The molecule has 2 heteroatoms. The summed E-state index contributed by atoms with van der Waals surface area (Å²) in [7, 11) is 2.01. The van der Waals surface area contributed by atoms with Crippen molar-refractivity contribution in [2.75, 3.05) is 0 Å². The fourth-order valence-electron chi connectivity index (χ4n) is 3.24. The number of hydrogen-bond acceptors (Lipinski definition) is 1. The molecular weight excluding hydrogens is 220 g/mol. The first-order valence-corrected chi connectivity index (χ1v) is 6.72. The van der Waals surface area contributed by atoms with Gasteiger partial charge in [0, 0.05) is 12.4 Å². The second kappa shape index (κ2) is 4.42. The van der Waals surface area contributed by atoms with Crippen molar-refractivity contribution in [3.05, 3.63) is 30.0 Å². The molecule has 0 spiro atoms. The van der Waals surface area contributed by atoms with Crippen molar-refractivity contribution in [1.82, 2.24) is 9.78 Å². The maximum atomic E-state index is 4.32. The quantitative estimate of drug-likeness (QED) is 0.767. The zero-order chi connectivity index (χ0) is 13.5. The van der Waals surface area contributed by atoms with Crippen LogP contribution >= 0.6 is 0 Å². The lowest BCUT2D eigenvalue weighted by molar-refractivity contribution is 0.258. The Bertz CT molecular complexity index is 544. The van der Waals surface area contributed by atoms with Crippen LogP contribution in [0.1, 0.15) is 46.1 Å². The molecule has 0 saturated heterocycles. The molecule has 1 aromatic carbocycles. The highest BCUT2D eigenvalue weighted by atomic mass is 15.2. The Morgan fingerprint density at radius 2 is 1.83 bits per heavy atom. The Hall–Kier alpha value is -1.31. The van der Waals surface area contributed by atoms with E-state index < -0.39 is 0 Å². The molecular formula is C16H24N2. The van der Waals surface area contributed by atoms with Gasteiger partial charge < -0.3 is 0 Å². The Morgan fingerprint density at radius 1 is 1.17 bits per heavy atom. The van der Waals surface area contributed by atoms with Crippen LogP contribution in [-0.2, 0) is 7.05 Å². The summed E-state index contributed by atoms with van der Waals surface area (Å²) in [4.78, 5) is 0. The molecule has 0 amide bonds. The van der Waals surface area contributed by atoms with Crippen molar-refractivity contribution < 1.29 is 0 Å². The van der Waals surface area contributed by atoms with Gasteiger partial charge in [-0.3, -0.25) is 4.68 Å². The molecule has 0 saturated carbocycles. The highest BCUT2D eigenvalue weighted by Gasteiger charge is 2.29. The van der Waals surface area contributed by atoms with Gasteiger partial charge in [0.05, 0.1) is 11.7 Å². The van der Waals surface area contributed by atoms with E-state index in [1.165, 1.54) is 16.5 Å². The molecule has 18 heavy (non-hydrogen) atoms. The van der Waals surface area contributed by atoms with E-state index in [9.17, 15) is 0 Å². The molecule has 0 radical (unpaired) electrons. The van der Waals surface area contributed by atoms with Gasteiger partial charge in [0.2, 0.25) is 0 Å². The zero-order valence-corrected chi connectivity index (χ0v) is 12.4. The van der Waals surface area contributed by atoms with E-state index in [0.29, 0.717) is 11.8 Å². The Balaban J connectivity index is 2.54. The van der Waals surface area contributed by atoms with Crippen LogP contribution in [0.25, 0.3) is 10.9 Å². The van der Waals surface area contributed by atoms with E-state index in [1.54, 1.807) is 0 Å². The molecule has 1 atom stereocenters. The van der Waals surface area contributed by atoms with Crippen LogP contribution < -0.4 is 0 Å². The number of rotatable bonds is 2. The van der Waals surface area contributed by atoms with Gasteiger partial charge in [-0.2, -0.15) is 5.10 Å². The summed E-state index contributed by atoms with van der Waals surface area (Å²) < 4.78 is 1.96. The predicted molar refractivity (Wildman–Crippen MR) is 77.7 cm³/mol. The lowest BCUT2D eigenvalue weighted by atomic mass is 9.70. The topological polar surface area (TPSA) is 17.8 Å². The van der Waals surface area contributed by atoms with Gasteiger partial charge in [0.1, 0.15) is 0 Å². The van der Waals surface area contributed by atoms with Gasteiger partial charge in [0.25, 0.3) is 0 Å². The zero-order valence-electron chi connectivity index (χ0n) is 12.4. The smallest absolute Gasteiger partial charge is 0.0681 e. The van der Waals surface area contributed by atoms with Crippen LogP contribution in [0.3, 0.4) is 0 Å². The molecule has 2 rings (SSSR count). The molecule has 0 aliphatic heterocycles. The summed E-state index contributed by atoms with van der Waals surface area (Å²) in [5.41, 5.74) is 2.93. The molecule has 2 nitrogen and oxygen atoms in total. The molecule has 1 heterocycles. The number of aromatic nitrogens is 2. The molecule has 0 bridgehead atoms. The van der Waals surface area contributed by atoms with E-state index >= 15 is 0 Å². The SMILES string of the molecule is CC(C)C(c1ccc2cnn(C)c2c1)C(C)(C)C. The minimum atomic E-state index is 0.278. The van der Waals surface area contributed by atoms with E-state index in [1.807, 2.05) is 17.9 Å². The molecule has 0 fully saturated rings. The molecule has 0 aliphatic carbocycles. The maximum Gasteiger partial charge on any atom is 0.0681 e. The third-order valence-electron chi connectivity index (χ3n) is 3.73. The predicted octanol–water partition coefficient (Wildman–Crippen LogP) is 4.36. The van der Waals surface area contributed by atoms with Crippen LogP contribution in [0.15, 0.2) is 24.4 Å². The first-order chi connectivity index (χ1) is 8.30. The van der Waals surface area contributed by atoms with Crippen molar-refractivity contribution in [3.63, 3.8) is 0 Å². The van der Waals surface area contributed by atoms with E-state index in [-0.39, 0.29) is 5.41 Å². The van der Waals surface area contributed by atoms with Gasteiger partial charge >= 0.3 is 0 Å². The Morgan fingerprint density at radius 3 is 2.39 bits per heavy atom. The lowest BCUT2D eigenvalue weighted by Gasteiger charge is -2.34. The van der Waals surface area contributed by atoms with Crippen LogP contribution in [0.4, 0.5) is 0 Å². The van der Waals surface area contributed by atoms with Gasteiger partial charge in [-0.05, 0) is 28.9 Å². The summed E-state index contributed by atoms with van der Waals surface area (Å²) in [5, 5.41) is 5.54. The molecule has 1 aromatic heterocycles. The Labute approximate surface area is 110 Å². The van der Waals surface area contributed by atoms with Crippen LogP contribution in [0, 0.1) is 11.3 Å². The second-order valence-electron chi connectivity index (χ2n) is 6.67. The average molecular weight is 244 g/mol. The highest BCUT2D eigenvalue weighted by Crippen LogP contribution is 2.41. The fourth-order valence-corrected chi connectivity index (χ4v) is 3.24. The van der Waals surface area contributed by atoms with E-state index in [4.69, 9.17) is 0 Å². The Kier molecular flexibility index (Phi) is 3.22. The van der Waals surface area contributed by atoms with Gasteiger partial charge in [-0.1, -0.05) is 46.8 Å².